The molecule has 1 aromatic heterocycles. The summed E-state index contributed by atoms with van der Waals surface area (Å²) in [5.41, 5.74) is 0.878. The number of rotatable bonds is 5. The van der Waals surface area contributed by atoms with E-state index in [2.05, 4.69) is 9.64 Å². The van der Waals surface area contributed by atoms with Crippen LogP contribution in [-0.4, -0.2) is 72.1 Å². The molecular formula is C23H26F3N3O4. The summed E-state index contributed by atoms with van der Waals surface area (Å²) in [4.78, 5) is 31.3. The molecule has 1 aromatic carbocycles. The van der Waals surface area contributed by atoms with Gasteiger partial charge in [0.1, 0.15) is 5.75 Å². The fourth-order valence-electron chi connectivity index (χ4n) is 4.36. The fourth-order valence-corrected chi connectivity index (χ4v) is 4.36. The number of piperazine rings is 1. The maximum atomic E-state index is 13.1. The van der Waals surface area contributed by atoms with Crippen LogP contribution >= 0.6 is 0 Å². The van der Waals surface area contributed by atoms with Gasteiger partial charge in [0, 0.05) is 45.8 Å². The number of piperidine rings is 1. The fraction of sp³-hybridized carbons (Fsp3) is 0.478. The summed E-state index contributed by atoms with van der Waals surface area (Å²) < 4.78 is 46.0. The van der Waals surface area contributed by atoms with Crippen molar-refractivity contribution < 1.29 is 31.9 Å². The van der Waals surface area contributed by atoms with Crippen molar-refractivity contribution in [3.05, 3.63) is 54.0 Å². The first-order chi connectivity index (χ1) is 15.8. The third kappa shape index (κ3) is 6.07. The summed E-state index contributed by atoms with van der Waals surface area (Å²) in [7, 11) is 0. The van der Waals surface area contributed by atoms with Gasteiger partial charge in [-0.25, -0.2) is 0 Å². The number of hydrogen-bond donors (Lipinski definition) is 0. The van der Waals surface area contributed by atoms with E-state index in [4.69, 9.17) is 4.42 Å². The number of amides is 2. The highest BCUT2D eigenvalue weighted by atomic mass is 19.4. The number of halogens is 3. The molecule has 2 aliphatic rings. The highest BCUT2D eigenvalue weighted by Crippen LogP contribution is 2.24. The smallest absolute Gasteiger partial charge is 0.459 e. The van der Waals surface area contributed by atoms with Crippen LogP contribution in [0.5, 0.6) is 5.75 Å². The van der Waals surface area contributed by atoms with Gasteiger partial charge in [-0.2, -0.15) is 0 Å². The van der Waals surface area contributed by atoms with Crippen molar-refractivity contribution >= 4 is 11.8 Å². The maximum absolute atomic E-state index is 13.1. The van der Waals surface area contributed by atoms with E-state index in [0.29, 0.717) is 45.8 Å². The third-order valence-corrected chi connectivity index (χ3v) is 6.04. The molecule has 0 radical (unpaired) electrons. The first-order valence-electron chi connectivity index (χ1n) is 11.0. The zero-order valence-electron chi connectivity index (χ0n) is 18.1. The molecule has 33 heavy (non-hydrogen) atoms. The van der Waals surface area contributed by atoms with E-state index in [1.807, 2.05) is 4.90 Å². The van der Waals surface area contributed by atoms with E-state index >= 15 is 0 Å². The molecule has 4 rings (SSSR count). The third-order valence-electron chi connectivity index (χ3n) is 6.04. The van der Waals surface area contributed by atoms with Crippen LogP contribution in [0, 0.1) is 5.92 Å². The zero-order valence-corrected chi connectivity index (χ0v) is 18.1. The van der Waals surface area contributed by atoms with Crippen molar-refractivity contribution in [2.24, 2.45) is 5.92 Å². The first kappa shape index (κ1) is 23.2. The molecule has 2 aromatic rings. The molecule has 2 amide bonds. The second kappa shape index (κ2) is 9.86. The van der Waals surface area contributed by atoms with Crippen LogP contribution in [0.25, 0.3) is 0 Å². The Morgan fingerprint density at radius 2 is 1.73 bits per heavy atom. The van der Waals surface area contributed by atoms with Crippen molar-refractivity contribution in [1.29, 1.82) is 0 Å². The average molecular weight is 465 g/mol. The van der Waals surface area contributed by atoms with Crippen LogP contribution in [0.2, 0.25) is 0 Å². The number of hydrogen-bond acceptors (Lipinski definition) is 5. The standard InChI is InChI=1S/C23H26F3N3O4/c24-23(25,26)33-19-7-5-17(6-8-19)15-27-10-12-28(13-11-27)21(30)18-3-1-9-29(16-18)22(31)20-4-2-14-32-20/h2,4-8,14,18H,1,3,9-13,15-16H2. The lowest BCUT2D eigenvalue weighted by atomic mass is 9.96. The summed E-state index contributed by atoms with van der Waals surface area (Å²) in [5, 5.41) is 0. The van der Waals surface area contributed by atoms with Gasteiger partial charge in [-0.15, -0.1) is 13.2 Å². The molecule has 0 saturated carbocycles. The Kier molecular flexibility index (Phi) is 6.92. The van der Waals surface area contributed by atoms with E-state index in [-0.39, 0.29) is 29.2 Å². The summed E-state index contributed by atoms with van der Waals surface area (Å²) >= 11 is 0. The lowest BCUT2D eigenvalue weighted by Gasteiger charge is -2.39. The van der Waals surface area contributed by atoms with Crippen LogP contribution in [0.15, 0.2) is 47.1 Å². The predicted octanol–water partition coefficient (Wildman–Crippen LogP) is 3.37. The number of furan rings is 1. The Balaban J connectivity index is 1.25. The van der Waals surface area contributed by atoms with Gasteiger partial charge in [0.05, 0.1) is 12.2 Å². The highest BCUT2D eigenvalue weighted by molar-refractivity contribution is 5.92. The molecule has 2 fully saturated rings. The molecule has 0 aliphatic carbocycles. The number of ether oxygens (including phenoxy) is 1. The summed E-state index contributed by atoms with van der Waals surface area (Å²) in [6.45, 7) is 4.11. The van der Waals surface area contributed by atoms with Crippen molar-refractivity contribution in [2.75, 3.05) is 39.3 Å². The van der Waals surface area contributed by atoms with Crippen molar-refractivity contribution in [3.8, 4) is 5.75 Å². The van der Waals surface area contributed by atoms with Crippen LogP contribution < -0.4 is 4.74 Å². The van der Waals surface area contributed by atoms with Crippen molar-refractivity contribution in [3.63, 3.8) is 0 Å². The quantitative estimate of drug-likeness (QED) is 0.678. The topological polar surface area (TPSA) is 66.2 Å². The lowest BCUT2D eigenvalue weighted by molar-refractivity contribution is -0.274. The molecule has 1 unspecified atom stereocenters. The largest absolute Gasteiger partial charge is 0.573 e. The number of alkyl halides is 3. The van der Waals surface area contributed by atoms with Gasteiger partial charge in [-0.3, -0.25) is 14.5 Å². The van der Waals surface area contributed by atoms with E-state index < -0.39 is 6.36 Å². The Hall–Kier alpha value is -3.01. The monoisotopic (exact) mass is 465 g/mol. The second-order valence-corrected chi connectivity index (χ2v) is 8.36. The molecular weight excluding hydrogens is 439 g/mol. The number of carbonyl (C=O) groups excluding carboxylic acids is 2. The molecule has 2 aliphatic heterocycles. The molecule has 0 bridgehead atoms. The van der Waals surface area contributed by atoms with Crippen LogP contribution in [0.3, 0.4) is 0 Å². The van der Waals surface area contributed by atoms with Crippen LogP contribution in [0.1, 0.15) is 29.0 Å². The van der Waals surface area contributed by atoms with Gasteiger partial charge in [0.25, 0.3) is 5.91 Å². The predicted molar refractivity (Wildman–Crippen MR) is 112 cm³/mol. The SMILES string of the molecule is O=C(c1ccco1)N1CCCC(C(=O)N2CCN(Cc3ccc(OC(F)(F)F)cc3)CC2)C1. The number of carbonyl (C=O) groups is 2. The molecule has 3 heterocycles. The van der Waals surface area contributed by atoms with E-state index in [0.717, 1.165) is 18.4 Å². The lowest BCUT2D eigenvalue weighted by Crippen LogP contribution is -2.52. The van der Waals surface area contributed by atoms with E-state index in [9.17, 15) is 22.8 Å². The number of likely N-dealkylation sites (tertiary alicyclic amines) is 1. The summed E-state index contributed by atoms with van der Waals surface area (Å²) in [6, 6.07) is 9.15. The molecule has 178 valence electrons. The Morgan fingerprint density at radius 1 is 1.00 bits per heavy atom. The van der Waals surface area contributed by atoms with Gasteiger partial charge in [-0.05, 0) is 42.7 Å². The molecule has 10 heteroatoms. The van der Waals surface area contributed by atoms with Gasteiger partial charge in [0.2, 0.25) is 5.91 Å². The summed E-state index contributed by atoms with van der Waals surface area (Å²) in [5.74, 6) is -0.289. The second-order valence-electron chi connectivity index (χ2n) is 8.36. The Labute approximate surface area is 189 Å². The van der Waals surface area contributed by atoms with Crippen LogP contribution in [0.4, 0.5) is 13.2 Å². The van der Waals surface area contributed by atoms with Crippen LogP contribution in [-0.2, 0) is 11.3 Å². The summed E-state index contributed by atoms with van der Waals surface area (Å²) in [6.07, 6.45) is -1.71. The minimum atomic E-state index is -4.70. The molecule has 1 atom stereocenters. The molecule has 0 spiro atoms. The highest BCUT2D eigenvalue weighted by Gasteiger charge is 2.34. The van der Waals surface area contributed by atoms with Crippen molar-refractivity contribution in [1.82, 2.24) is 14.7 Å². The first-order valence-corrected chi connectivity index (χ1v) is 11.0. The Bertz CT molecular complexity index is 939. The average Bonchev–Trinajstić information content (AvgIpc) is 3.34. The molecule has 7 nitrogen and oxygen atoms in total. The van der Waals surface area contributed by atoms with Gasteiger partial charge < -0.3 is 19.0 Å². The Morgan fingerprint density at radius 3 is 2.36 bits per heavy atom. The minimum absolute atomic E-state index is 0.0697. The van der Waals surface area contributed by atoms with E-state index in [1.165, 1.54) is 18.4 Å². The normalized spacial score (nSPS) is 20.0. The number of nitrogens with zero attached hydrogens (tertiary/aromatic N) is 3. The van der Waals surface area contributed by atoms with Gasteiger partial charge in [0.15, 0.2) is 5.76 Å². The number of benzene rings is 1. The van der Waals surface area contributed by atoms with E-state index in [1.54, 1.807) is 29.2 Å². The zero-order chi connectivity index (χ0) is 23.4. The minimum Gasteiger partial charge on any atom is -0.459 e. The molecule has 0 N–H and O–H groups in total. The van der Waals surface area contributed by atoms with Gasteiger partial charge >= 0.3 is 6.36 Å². The maximum Gasteiger partial charge on any atom is 0.573 e. The van der Waals surface area contributed by atoms with Crippen molar-refractivity contribution in [2.45, 2.75) is 25.7 Å². The van der Waals surface area contributed by atoms with Gasteiger partial charge in [-0.1, -0.05) is 12.1 Å². The molecule has 2 saturated heterocycles.